The van der Waals surface area contributed by atoms with Crippen LogP contribution in [0.4, 0.5) is 5.82 Å². The Hall–Kier alpha value is -1.24. The number of rotatable bonds is 7. The average molecular weight is 442 g/mol. The summed E-state index contributed by atoms with van der Waals surface area (Å²) in [7, 11) is -1.97. The van der Waals surface area contributed by atoms with Crippen LogP contribution in [0, 0.1) is 0 Å². The van der Waals surface area contributed by atoms with Gasteiger partial charge >= 0.3 is 0 Å². The van der Waals surface area contributed by atoms with Crippen molar-refractivity contribution in [1.29, 1.82) is 0 Å². The highest BCUT2D eigenvalue weighted by atomic mass is 32.2. The zero-order chi connectivity index (χ0) is 21.4. The topological polar surface area (TPSA) is 118 Å². The van der Waals surface area contributed by atoms with E-state index in [9.17, 15) is 5.11 Å². The summed E-state index contributed by atoms with van der Waals surface area (Å²) in [6.07, 6.45) is 2.35. The summed E-state index contributed by atoms with van der Waals surface area (Å²) in [6.45, 7) is 11.3. The summed E-state index contributed by atoms with van der Waals surface area (Å²) in [4.78, 5) is 12.5. The van der Waals surface area contributed by atoms with E-state index in [0.717, 1.165) is 0 Å². The van der Waals surface area contributed by atoms with Gasteiger partial charge in [0.15, 0.2) is 26.0 Å². The van der Waals surface area contributed by atoms with Crippen LogP contribution in [-0.4, -0.2) is 70.1 Å². The molecule has 1 saturated heterocycles. The first-order valence-electron chi connectivity index (χ1n) is 9.58. The molecule has 1 fully saturated rings. The van der Waals surface area contributed by atoms with Crippen molar-refractivity contribution in [3.05, 3.63) is 12.7 Å². The van der Waals surface area contributed by atoms with Crippen LogP contribution in [0.3, 0.4) is 0 Å². The van der Waals surface area contributed by atoms with Crippen LogP contribution >= 0.6 is 11.8 Å². The average Bonchev–Trinajstić information content (AvgIpc) is 3.19. The minimum absolute atomic E-state index is 0.0776. The lowest BCUT2D eigenvalue weighted by molar-refractivity contribution is -0.0522. The normalized spacial score (nSPS) is 25.8. The summed E-state index contributed by atoms with van der Waals surface area (Å²) in [5, 5.41) is 11.1. The lowest BCUT2D eigenvalue weighted by Crippen LogP contribution is -2.45. The molecule has 2 aromatic rings. The molecule has 3 heterocycles. The predicted octanol–water partition coefficient (Wildman–Crippen LogP) is 2.39. The van der Waals surface area contributed by atoms with E-state index in [1.165, 1.54) is 6.33 Å². The number of anilines is 1. The molecule has 2 aromatic heterocycles. The van der Waals surface area contributed by atoms with Gasteiger partial charge in [0.25, 0.3) is 0 Å². The highest BCUT2D eigenvalue weighted by Crippen LogP contribution is 2.39. The molecular weight excluding hydrogens is 410 g/mol. The molecule has 0 spiro atoms. The Labute approximate surface area is 176 Å². The minimum atomic E-state index is -1.97. The molecule has 0 radical (unpaired) electrons. The Kier molecular flexibility index (Phi) is 6.56. The van der Waals surface area contributed by atoms with Crippen molar-refractivity contribution in [2.45, 2.75) is 63.4 Å². The largest absolute Gasteiger partial charge is 0.414 e. The molecule has 0 bridgehead atoms. The quantitative estimate of drug-likeness (QED) is 0.493. The number of hydrogen-bond donors (Lipinski definition) is 2. The van der Waals surface area contributed by atoms with E-state index in [0.29, 0.717) is 23.7 Å². The Bertz CT molecular complexity index is 843. The van der Waals surface area contributed by atoms with Gasteiger partial charge in [-0.3, -0.25) is 4.57 Å². The first kappa shape index (κ1) is 22.4. The number of ether oxygens (including phenoxy) is 2. The van der Waals surface area contributed by atoms with Crippen LogP contribution in [0.2, 0.25) is 18.1 Å². The van der Waals surface area contributed by atoms with Crippen molar-refractivity contribution in [2.24, 2.45) is 0 Å². The zero-order valence-electron chi connectivity index (χ0n) is 17.8. The highest BCUT2D eigenvalue weighted by Gasteiger charge is 2.47. The van der Waals surface area contributed by atoms with Gasteiger partial charge < -0.3 is 24.7 Å². The molecule has 9 nitrogen and oxygen atoms in total. The van der Waals surface area contributed by atoms with Gasteiger partial charge in [0.2, 0.25) is 0 Å². The van der Waals surface area contributed by atoms with Gasteiger partial charge in [-0.2, -0.15) is 0 Å². The van der Waals surface area contributed by atoms with E-state index in [4.69, 9.17) is 19.6 Å². The van der Waals surface area contributed by atoms with Crippen molar-refractivity contribution in [2.75, 3.05) is 24.5 Å². The third-order valence-corrected chi connectivity index (χ3v) is 10.6. The Morgan fingerprint density at radius 1 is 1.31 bits per heavy atom. The number of thioether (sulfide) groups is 1. The molecule has 3 N–H and O–H groups in total. The van der Waals surface area contributed by atoms with Crippen LogP contribution in [-0.2, 0) is 13.9 Å². The molecule has 1 aliphatic rings. The van der Waals surface area contributed by atoms with Gasteiger partial charge in [-0.1, -0.05) is 20.8 Å². The molecule has 0 aliphatic carbocycles. The molecule has 3 rings (SSSR count). The SMILES string of the molecule is CSCOC1C(O)[C@H](n2cnc3c(N)ncnc32)O[C@@H]1CO[Si](C)(C)C(C)(C)C. The van der Waals surface area contributed by atoms with Gasteiger partial charge in [-0.05, 0) is 24.4 Å². The number of fused-ring (bicyclic) bond motifs is 1. The fourth-order valence-electron chi connectivity index (χ4n) is 3.00. The van der Waals surface area contributed by atoms with Crippen molar-refractivity contribution in [3.63, 3.8) is 0 Å². The molecule has 11 heteroatoms. The van der Waals surface area contributed by atoms with Gasteiger partial charge in [0, 0.05) is 0 Å². The number of aliphatic hydroxyl groups is 1. The second-order valence-corrected chi connectivity index (χ2v) is 14.4. The van der Waals surface area contributed by atoms with E-state index >= 15 is 0 Å². The van der Waals surface area contributed by atoms with Crippen molar-refractivity contribution < 1.29 is 19.0 Å². The molecular formula is C18H31N5O4SSi. The summed E-state index contributed by atoms with van der Waals surface area (Å²) in [6, 6.07) is 0. The van der Waals surface area contributed by atoms with Gasteiger partial charge in [-0.15, -0.1) is 11.8 Å². The van der Waals surface area contributed by atoms with Crippen LogP contribution in [0.1, 0.15) is 27.0 Å². The third kappa shape index (κ3) is 4.44. The smallest absolute Gasteiger partial charge is 0.192 e. The maximum atomic E-state index is 11.0. The number of hydrogen-bond acceptors (Lipinski definition) is 9. The Balaban J connectivity index is 1.84. The number of aromatic nitrogens is 4. The number of aliphatic hydroxyl groups excluding tert-OH is 1. The van der Waals surface area contributed by atoms with Gasteiger partial charge in [0.1, 0.15) is 30.2 Å². The fraction of sp³-hybridized carbons (Fsp3) is 0.722. The first-order chi connectivity index (χ1) is 13.6. The third-order valence-electron chi connectivity index (χ3n) is 5.76. The maximum Gasteiger partial charge on any atom is 0.192 e. The summed E-state index contributed by atoms with van der Waals surface area (Å²) in [5.41, 5.74) is 6.87. The van der Waals surface area contributed by atoms with Crippen LogP contribution in [0.25, 0.3) is 11.2 Å². The molecule has 29 heavy (non-hydrogen) atoms. The summed E-state index contributed by atoms with van der Waals surface area (Å²) >= 11 is 1.55. The molecule has 2 unspecified atom stereocenters. The van der Waals surface area contributed by atoms with Crippen LogP contribution in [0.5, 0.6) is 0 Å². The van der Waals surface area contributed by atoms with E-state index in [1.54, 1.807) is 22.7 Å². The predicted molar refractivity (Wildman–Crippen MR) is 116 cm³/mol. The molecule has 0 amide bonds. The van der Waals surface area contributed by atoms with Crippen molar-refractivity contribution >= 4 is 37.1 Å². The fourth-order valence-corrected chi connectivity index (χ4v) is 4.31. The first-order valence-corrected chi connectivity index (χ1v) is 13.9. The summed E-state index contributed by atoms with van der Waals surface area (Å²) in [5.74, 6) is 0.739. The second kappa shape index (κ2) is 8.48. The molecule has 1 aliphatic heterocycles. The van der Waals surface area contributed by atoms with E-state index < -0.39 is 32.9 Å². The number of nitrogens with zero attached hydrogens (tertiary/aromatic N) is 4. The van der Waals surface area contributed by atoms with Gasteiger partial charge in [0.05, 0.1) is 18.9 Å². The van der Waals surface area contributed by atoms with E-state index in [-0.39, 0.29) is 10.9 Å². The van der Waals surface area contributed by atoms with Crippen molar-refractivity contribution in [3.8, 4) is 0 Å². The van der Waals surface area contributed by atoms with Crippen LogP contribution in [0.15, 0.2) is 12.7 Å². The van der Waals surface area contributed by atoms with E-state index in [2.05, 4.69) is 48.8 Å². The molecule has 0 saturated carbocycles. The summed E-state index contributed by atoms with van der Waals surface area (Å²) < 4.78 is 20.2. The van der Waals surface area contributed by atoms with Gasteiger partial charge in [-0.25, -0.2) is 15.0 Å². The second-order valence-electron chi connectivity index (χ2n) is 8.75. The maximum absolute atomic E-state index is 11.0. The Morgan fingerprint density at radius 2 is 2.03 bits per heavy atom. The number of nitrogens with two attached hydrogens (primary N) is 1. The van der Waals surface area contributed by atoms with Crippen LogP contribution < -0.4 is 5.73 Å². The highest BCUT2D eigenvalue weighted by molar-refractivity contribution is 7.98. The minimum Gasteiger partial charge on any atom is -0.414 e. The van der Waals surface area contributed by atoms with Crippen molar-refractivity contribution in [1.82, 2.24) is 19.5 Å². The monoisotopic (exact) mass is 441 g/mol. The standard InChI is InChI=1S/C18H31N5O4SSi/c1-18(2,3)29(5,6)26-7-11-14(25-10-28-4)13(24)17(27-11)23-9-22-12-15(19)20-8-21-16(12)23/h8-9,11,13-14,17,24H,7,10H2,1-6H3,(H2,19,20,21)/t11-,13?,14?,17-/m1/s1. The Morgan fingerprint density at radius 3 is 2.69 bits per heavy atom. The molecule has 162 valence electrons. The zero-order valence-corrected chi connectivity index (χ0v) is 19.6. The molecule has 4 atom stereocenters. The van der Waals surface area contributed by atoms with E-state index in [1.807, 2.05) is 6.26 Å². The lowest BCUT2D eigenvalue weighted by Gasteiger charge is -2.37. The number of nitrogen functional groups attached to an aromatic ring is 1. The lowest BCUT2D eigenvalue weighted by atomic mass is 10.1. The molecule has 0 aromatic carbocycles. The number of imidazole rings is 1.